The minimum Gasteiger partial charge on any atom is -0.455 e. The van der Waals surface area contributed by atoms with Gasteiger partial charge in [0.1, 0.15) is 5.75 Å². The number of hydrogen-bond acceptors (Lipinski definition) is 3. The van der Waals surface area contributed by atoms with Crippen LogP contribution in [-0.4, -0.2) is 11.9 Å². The zero-order chi connectivity index (χ0) is 19.1. The number of anilines is 1. The van der Waals surface area contributed by atoms with Crippen molar-refractivity contribution in [1.82, 2.24) is 5.32 Å². The smallest absolute Gasteiger partial charge is 0.312 e. The maximum atomic E-state index is 12.5. The van der Waals surface area contributed by atoms with E-state index in [0.717, 1.165) is 5.56 Å². The van der Waals surface area contributed by atoms with Crippen LogP contribution in [0.25, 0.3) is 0 Å². The molecule has 3 aromatic carbocycles. The van der Waals surface area contributed by atoms with E-state index in [2.05, 4.69) is 10.6 Å². The summed E-state index contributed by atoms with van der Waals surface area (Å²) in [5.74, 6) is 0.985. The Hall–Kier alpha value is -3.80. The van der Waals surface area contributed by atoms with Crippen molar-refractivity contribution >= 4 is 17.6 Å². The summed E-state index contributed by atoms with van der Waals surface area (Å²) >= 11 is 0. The first-order valence-electron chi connectivity index (χ1n) is 8.37. The maximum Gasteiger partial charge on any atom is 0.312 e. The highest BCUT2D eigenvalue weighted by atomic mass is 16.5. The summed E-state index contributed by atoms with van der Waals surface area (Å²) in [7, 11) is 0. The third kappa shape index (κ3) is 5.09. The highest BCUT2D eigenvalue weighted by Crippen LogP contribution is 2.29. The largest absolute Gasteiger partial charge is 0.455 e. The maximum absolute atomic E-state index is 12.5. The van der Waals surface area contributed by atoms with Gasteiger partial charge in [-0.25, -0.2) is 4.79 Å². The van der Waals surface area contributed by atoms with Gasteiger partial charge in [0.2, 0.25) is 0 Å². The zero-order valence-electron chi connectivity index (χ0n) is 14.5. The molecule has 3 aromatic rings. The van der Waals surface area contributed by atoms with Gasteiger partial charge in [0.15, 0.2) is 5.75 Å². The van der Waals surface area contributed by atoms with Crippen molar-refractivity contribution in [3.63, 3.8) is 0 Å². The Labute approximate surface area is 157 Å². The van der Waals surface area contributed by atoms with Crippen molar-refractivity contribution < 1.29 is 14.3 Å². The monoisotopic (exact) mass is 361 g/mol. The molecule has 0 aliphatic carbocycles. The molecule has 0 aliphatic heterocycles. The van der Waals surface area contributed by atoms with Crippen LogP contribution >= 0.6 is 0 Å². The van der Waals surface area contributed by atoms with Crippen molar-refractivity contribution in [2.24, 2.45) is 5.73 Å². The first-order chi connectivity index (χ1) is 13.1. The van der Waals surface area contributed by atoms with E-state index in [-0.39, 0.29) is 5.91 Å². The number of nitrogens with two attached hydrogens (primary N) is 1. The van der Waals surface area contributed by atoms with Crippen LogP contribution in [0.1, 0.15) is 15.9 Å². The molecular weight excluding hydrogens is 342 g/mol. The number of carbonyl (C=O) groups is 2. The predicted octanol–water partition coefficient (Wildman–Crippen LogP) is 3.90. The Bertz CT molecular complexity index is 925. The van der Waals surface area contributed by atoms with Crippen molar-refractivity contribution in [1.29, 1.82) is 0 Å². The van der Waals surface area contributed by atoms with Gasteiger partial charge in [-0.3, -0.25) is 4.79 Å². The lowest BCUT2D eigenvalue weighted by atomic mass is 10.1. The van der Waals surface area contributed by atoms with Crippen molar-refractivity contribution in [2.45, 2.75) is 6.54 Å². The molecule has 0 unspecified atom stereocenters. The van der Waals surface area contributed by atoms with Gasteiger partial charge < -0.3 is 21.1 Å². The molecule has 27 heavy (non-hydrogen) atoms. The lowest BCUT2D eigenvalue weighted by Gasteiger charge is -2.12. The molecular formula is C21H19N3O3. The molecule has 4 N–H and O–H groups in total. The number of nitrogens with one attached hydrogen (secondary N) is 2. The minimum absolute atomic E-state index is 0.256. The van der Waals surface area contributed by atoms with Crippen LogP contribution in [0.15, 0.2) is 78.9 Å². The number of benzene rings is 3. The van der Waals surface area contributed by atoms with E-state index < -0.39 is 6.03 Å². The summed E-state index contributed by atoms with van der Waals surface area (Å²) in [6, 6.07) is 22.9. The number of ether oxygens (including phenoxy) is 1. The van der Waals surface area contributed by atoms with E-state index in [1.807, 2.05) is 42.5 Å². The second-order valence-corrected chi connectivity index (χ2v) is 5.78. The number of para-hydroxylation sites is 3. The van der Waals surface area contributed by atoms with Gasteiger partial charge in [-0.15, -0.1) is 0 Å². The second kappa shape index (κ2) is 8.53. The standard InChI is InChI=1S/C21H19N3O3/c22-21(26)23-14-15-10-12-16(13-11-15)20(25)24-18-8-4-5-9-19(18)27-17-6-2-1-3-7-17/h1-13H,14H2,(H,24,25)(H3,22,23,26). The molecule has 0 aromatic heterocycles. The average molecular weight is 361 g/mol. The molecule has 0 bridgehead atoms. The third-order valence-corrected chi connectivity index (χ3v) is 3.79. The van der Waals surface area contributed by atoms with Crippen molar-refractivity contribution in [3.05, 3.63) is 90.0 Å². The number of urea groups is 1. The van der Waals surface area contributed by atoms with Gasteiger partial charge in [-0.05, 0) is 42.0 Å². The summed E-state index contributed by atoms with van der Waals surface area (Å²) in [4.78, 5) is 23.3. The average Bonchev–Trinajstić information content (AvgIpc) is 2.69. The van der Waals surface area contributed by atoms with E-state index in [9.17, 15) is 9.59 Å². The second-order valence-electron chi connectivity index (χ2n) is 5.78. The van der Waals surface area contributed by atoms with Gasteiger partial charge in [0, 0.05) is 12.1 Å². The van der Waals surface area contributed by atoms with Gasteiger partial charge >= 0.3 is 6.03 Å². The molecule has 0 aliphatic rings. The Kier molecular flexibility index (Phi) is 5.69. The quantitative estimate of drug-likeness (QED) is 0.621. The molecule has 0 atom stereocenters. The SMILES string of the molecule is NC(=O)NCc1ccc(C(=O)Nc2ccccc2Oc2ccccc2)cc1. The first kappa shape index (κ1) is 18.0. The molecule has 6 heteroatoms. The highest BCUT2D eigenvalue weighted by molar-refractivity contribution is 6.05. The number of primary amides is 1. The van der Waals surface area contributed by atoms with E-state index in [1.54, 1.807) is 36.4 Å². The van der Waals surface area contributed by atoms with Crippen LogP contribution in [0.5, 0.6) is 11.5 Å². The number of carbonyl (C=O) groups excluding carboxylic acids is 2. The summed E-state index contributed by atoms with van der Waals surface area (Å²) < 4.78 is 5.85. The lowest BCUT2D eigenvalue weighted by molar-refractivity contribution is 0.102. The van der Waals surface area contributed by atoms with Gasteiger partial charge in [-0.2, -0.15) is 0 Å². The highest BCUT2D eigenvalue weighted by Gasteiger charge is 2.10. The zero-order valence-corrected chi connectivity index (χ0v) is 14.5. The lowest BCUT2D eigenvalue weighted by Crippen LogP contribution is -2.28. The van der Waals surface area contributed by atoms with Crippen LogP contribution in [0.3, 0.4) is 0 Å². The first-order valence-corrected chi connectivity index (χ1v) is 8.37. The van der Waals surface area contributed by atoms with Crippen LogP contribution in [-0.2, 0) is 6.54 Å². The summed E-state index contributed by atoms with van der Waals surface area (Å²) in [6.07, 6.45) is 0. The molecule has 136 valence electrons. The summed E-state index contributed by atoms with van der Waals surface area (Å²) in [5, 5.41) is 5.37. The molecule has 3 amide bonds. The molecule has 0 fully saturated rings. The van der Waals surface area contributed by atoms with E-state index in [0.29, 0.717) is 29.3 Å². The Morgan fingerprint density at radius 3 is 2.22 bits per heavy atom. The number of rotatable bonds is 6. The molecule has 0 heterocycles. The van der Waals surface area contributed by atoms with Gasteiger partial charge in [0.25, 0.3) is 5.91 Å². The Morgan fingerprint density at radius 1 is 0.852 bits per heavy atom. The fourth-order valence-corrected chi connectivity index (χ4v) is 2.43. The number of hydrogen-bond donors (Lipinski definition) is 3. The molecule has 0 saturated carbocycles. The van der Waals surface area contributed by atoms with Crippen molar-refractivity contribution in [3.8, 4) is 11.5 Å². The molecule has 0 saturated heterocycles. The summed E-state index contributed by atoms with van der Waals surface area (Å²) in [6.45, 7) is 0.310. The molecule has 6 nitrogen and oxygen atoms in total. The summed E-state index contributed by atoms with van der Waals surface area (Å²) in [5.41, 5.74) is 6.96. The van der Waals surface area contributed by atoms with Gasteiger partial charge in [0.05, 0.1) is 5.69 Å². The third-order valence-electron chi connectivity index (χ3n) is 3.79. The van der Waals surface area contributed by atoms with E-state index in [1.165, 1.54) is 0 Å². The van der Waals surface area contributed by atoms with E-state index in [4.69, 9.17) is 10.5 Å². The normalized spacial score (nSPS) is 10.1. The topological polar surface area (TPSA) is 93.5 Å². The van der Waals surface area contributed by atoms with Crippen LogP contribution in [0, 0.1) is 0 Å². The van der Waals surface area contributed by atoms with Crippen LogP contribution in [0.2, 0.25) is 0 Å². The molecule has 0 spiro atoms. The predicted molar refractivity (Wildman–Crippen MR) is 104 cm³/mol. The van der Waals surface area contributed by atoms with Crippen LogP contribution < -0.4 is 21.1 Å². The Balaban J connectivity index is 1.70. The molecule has 0 radical (unpaired) electrons. The van der Waals surface area contributed by atoms with Crippen molar-refractivity contribution in [2.75, 3.05) is 5.32 Å². The number of amides is 3. The van der Waals surface area contributed by atoms with E-state index >= 15 is 0 Å². The minimum atomic E-state index is -0.591. The van der Waals surface area contributed by atoms with Gasteiger partial charge in [-0.1, -0.05) is 42.5 Å². The molecule has 3 rings (SSSR count). The van der Waals surface area contributed by atoms with Crippen LogP contribution in [0.4, 0.5) is 10.5 Å². The Morgan fingerprint density at radius 2 is 1.52 bits per heavy atom. The fraction of sp³-hybridized carbons (Fsp3) is 0.0476. The fourth-order valence-electron chi connectivity index (χ4n) is 2.43.